The van der Waals surface area contributed by atoms with Gasteiger partial charge in [0.1, 0.15) is 11.8 Å². The molecule has 0 saturated heterocycles. The van der Waals surface area contributed by atoms with Gasteiger partial charge in [-0.2, -0.15) is 13.2 Å². The monoisotopic (exact) mass is 316 g/mol. The number of rotatable bonds is 4. The van der Waals surface area contributed by atoms with Crippen LogP contribution in [0.25, 0.3) is 0 Å². The zero-order valence-corrected chi connectivity index (χ0v) is 12.5. The molecule has 4 nitrogen and oxygen atoms in total. The quantitative estimate of drug-likeness (QED) is 0.928. The molecule has 22 heavy (non-hydrogen) atoms. The highest BCUT2D eigenvalue weighted by Crippen LogP contribution is 2.39. The van der Waals surface area contributed by atoms with Crippen LogP contribution < -0.4 is 15.4 Å². The topological polar surface area (TPSA) is 55.6 Å². The Morgan fingerprint density at radius 1 is 1.41 bits per heavy atom. The molecular weight excluding hydrogens is 297 g/mol. The van der Waals surface area contributed by atoms with Crippen LogP contribution in [-0.4, -0.2) is 24.7 Å². The van der Waals surface area contributed by atoms with Crippen LogP contribution in [-0.2, 0) is 4.79 Å². The van der Waals surface area contributed by atoms with Crippen molar-refractivity contribution in [1.29, 1.82) is 0 Å². The van der Waals surface area contributed by atoms with Crippen LogP contribution in [0.15, 0.2) is 18.2 Å². The second-order valence-corrected chi connectivity index (χ2v) is 5.35. The zero-order chi connectivity index (χ0) is 16.5. The van der Waals surface area contributed by atoms with E-state index in [0.29, 0.717) is 18.0 Å². The van der Waals surface area contributed by atoms with E-state index in [1.165, 1.54) is 23.1 Å². The smallest absolute Gasteiger partial charge is 0.407 e. The number of carbonyl (C=O) groups is 1. The molecule has 7 heteroatoms. The molecular formula is C15H19F3N2O2. The van der Waals surface area contributed by atoms with Gasteiger partial charge in [-0.25, -0.2) is 0 Å². The van der Waals surface area contributed by atoms with Crippen molar-refractivity contribution in [3.05, 3.63) is 23.8 Å². The number of carbonyl (C=O) groups excluding carboxylic acids is 1. The maximum atomic E-state index is 12.8. The van der Waals surface area contributed by atoms with E-state index in [1.54, 1.807) is 6.92 Å². The van der Waals surface area contributed by atoms with Gasteiger partial charge in [-0.05, 0) is 31.0 Å². The Morgan fingerprint density at radius 3 is 2.68 bits per heavy atom. The first-order valence-electron chi connectivity index (χ1n) is 7.20. The number of anilines is 1. The van der Waals surface area contributed by atoms with Crippen molar-refractivity contribution in [3.63, 3.8) is 0 Å². The molecule has 1 aliphatic rings. The number of halogens is 3. The van der Waals surface area contributed by atoms with E-state index in [9.17, 15) is 18.0 Å². The molecule has 1 aromatic rings. The largest absolute Gasteiger partial charge is 0.479 e. The molecule has 2 rings (SSSR count). The van der Waals surface area contributed by atoms with Crippen LogP contribution in [0.2, 0.25) is 0 Å². The first-order chi connectivity index (χ1) is 10.3. The second kappa shape index (κ2) is 6.16. The van der Waals surface area contributed by atoms with E-state index in [2.05, 4.69) is 0 Å². The highest BCUT2D eigenvalue weighted by Gasteiger charge is 2.39. The maximum Gasteiger partial charge on any atom is 0.407 e. The molecule has 0 spiro atoms. The van der Waals surface area contributed by atoms with E-state index in [0.717, 1.165) is 12.8 Å². The molecule has 0 fully saturated rings. The highest BCUT2D eigenvalue weighted by molar-refractivity contribution is 5.99. The van der Waals surface area contributed by atoms with Gasteiger partial charge < -0.3 is 15.4 Å². The van der Waals surface area contributed by atoms with Crippen molar-refractivity contribution in [1.82, 2.24) is 0 Å². The van der Waals surface area contributed by atoms with E-state index in [4.69, 9.17) is 10.5 Å². The average molecular weight is 316 g/mol. The second-order valence-electron chi connectivity index (χ2n) is 5.35. The fourth-order valence-electron chi connectivity index (χ4n) is 2.35. The summed E-state index contributed by atoms with van der Waals surface area (Å²) in [5.74, 6) is 0.153. The SMILES string of the molecule is CCCCN1C(=O)C(C)Oc2ccc(C(N)C(F)(F)F)cc21. The molecule has 2 atom stereocenters. The maximum absolute atomic E-state index is 12.8. The molecule has 0 bridgehead atoms. The van der Waals surface area contributed by atoms with Crippen LogP contribution >= 0.6 is 0 Å². The lowest BCUT2D eigenvalue weighted by Gasteiger charge is -2.33. The Balaban J connectivity index is 2.40. The predicted molar refractivity (Wildman–Crippen MR) is 76.8 cm³/mol. The lowest BCUT2D eigenvalue weighted by atomic mass is 10.0. The van der Waals surface area contributed by atoms with Crippen LogP contribution in [0.5, 0.6) is 5.75 Å². The van der Waals surface area contributed by atoms with Gasteiger partial charge in [0.15, 0.2) is 6.10 Å². The lowest BCUT2D eigenvalue weighted by molar-refractivity contribution is -0.149. The summed E-state index contributed by atoms with van der Waals surface area (Å²) < 4.78 is 43.8. The highest BCUT2D eigenvalue weighted by atomic mass is 19.4. The van der Waals surface area contributed by atoms with Crippen molar-refractivity contribution in [2.75, 3.05) is 11.4 Å². The van der Waals surface area contributed by atoms with Gasteiger partial charge in [-0.3, -0.25) is 4.79 Å². The number of hydrogen-bond acceptors (Lipinski definition) is 3. The van der Waals surface area contributed by atoms with Crippen molar-refractivity contribution in [3.8, 4) is 5.75 Å². The molecule has 122 valence electrons. The number of benzene rings is 1. The number of amides is 1. The van der Waals surface area contributed by atoms with Gasteiger partial charge in [-0.1, -0.05) is 19.4 Å². The fourth-order valence-corrected chi connectivity index (χ4v) is 2.35. The number of nitrogens with two attached hydrogens (primary N) is 1. The molecule has 0 aromatic heterocycles. The molecule has 0 aliphatic carbocycles. The molecule has 0 saturated carbocycles. The number of fused-ring (bicyclic) bond motifs is 1. The lowest BCUT2D eigenvalue weighted by Crippen LogP contribution is -2.45. The summed E-state index contributed by atoms with van der Waals surface area (Å²) in [7, 11) is 0. The standard InChI is InChI=1S/C15H19F3N2O2/c1-3-4-7-20-11-8-10(13(19)15(16,17)18)5-6-12(11)22-9(2)14(20)21/h5-6,8-9,13H,3-4,7,19H2,1-2H3. The normalized spacial score (nSPS) is 19.6. The molecule has 0 radical (unpaired) electrons. The van der Waals surface area contributed by atoms with Gasteiger partial charge in [0.05, 0.1) is 5.69 Å². The third-order valence-corrected chi connectivity index (χ3v) is 3.64. The molecule has 1 heterocycles. The minimum atomic E-state index is -4.53. The minimum absolute atomic E-state index is 0.0845. The molecule has 1 amide bonds. The van der Waals surface area contributed by atoms with Crippen molar-refractivity contribution >= 4 is 11.6 Å². The van der Waals surface area contributed by atoms with Gasteiger partial charge in [0.25, 0.3) is 5.91 Å². The van der Waals surface area contributed by atoms with E-state index in [1.807, 2.05) is 6.92 Å². The summed E-state index contributed by atoms with van der Waals surface area (Å²) in [4.78, 5) is 13.7. The summed E-state index contributed by atoms with van der Waals surface area (Å²) in [6.45, 7) is 4.05. The van der Waals surface area contributed by atoms with Crippen molar-refractivity contribution < 1.29 is 22.7 Å². The van der Waals surface area contributed by atoms with Gasteiger partial charge in [-0.15, -0.1) is 0 Å². The predicted octanol–water partition coefficient (Wildman–Crippen LogP) is 3.16. The van der Waals surface area contributed by atoms with Gasteiger partial charge >= 0.3 is 6.18 Å². The van der Waals surface area contributed by atoms with Gasteiger partial charge in [0, 0.05) is 6.54 Å². The number of ether oxygens (including phenoxy) is 1. The Morgan fingerprint density at radius 2 is 2.09 bits per heavy atom. The number of alkyl halides is 3. The summed E-state index contributed by atoms with van der Waals surface area (Å²) in [5.41, 5.74) is 5.51. The number of nitrogens with zero attached hydrogens (tertiary/aromatic N) is 1. The third-order valence-electron chi connectivity index (χ3n) is 3.64. The minimum Gasteiger partial charge on any atom is -0.479 e. The summed E-state index contributed by atoms with van der Waals surface area (Å²) in [6, 6.07) is 1.95. The fraction of sp³-hybridized carbons (Fsp3) is 0.533. The Labute approximate surface area is 127 Å². The average Bonchev–Trinajstić information content (AvgIpc) is 2.46. The molecule has 1 aromatic carbocycles. The van der Waals surface area contributed by atoms with Crippen LogP contribution in [0.1, 0.15) is 38.3 Å². The summed E-state index contributed by atoms with van der Waals surface area (Å²) in [6.07, 6.45) is -3.55. The van der Waals surface area contributed by atoms with Crippen LogP contribution in [0.3, 0.4) is 0 Å². The van der Waals surface area contributed by atoms with E-state index in [-0.39, 0.29) is 11.5 Å². The number of unbranched alkanes of at least 4 members (excludes halogenated alkanes) is 1. The zero-order valence-electron chi connectivity index (χ0n) is 12.5. The van der Waals surface area contributed by atoms with Crippen LogP contribution in [0.4, 0.5) is 18.9 Å². The summed E-state index contributed by atoms with van der Waals surface area (Å²) >= 11 is 0. The first kappa shape index (κ1) is 16.6. The first-order valence-corrected chi connectivity index (χ1v) is 7.20. The summed E-state index contributed by atoms with van der Waals surface area (Å²) in [5, 5.41) is 0. The van der Waals surface area contributed by atoms with Crippen molar-refractivity contribution in [2.45, 2.75) is 45.0 Å². The molecule has 2 N–H and O–H groups in total. The van der Waals surface area contributed by atoms with E-state index >= 15 is 0 Å². The molecule has 2 unspecified atom stereocenters. The van der Waals surface area contributed by atoms with Gasteiger partial charge in [0.2, 0.25) is 0 Å². The third kappa shape index (κ3) is 3.19. The Kier molecular flexibility index (Phi) is 4.65. The molecule has 1 aliphatic heterocycles. The van der Waals surface area contributed by atoms with E-state index < -0.39 is 18.3 Å². The van der Waals surface area contributed by atoms with Crippen LogP contribution in [0, 0.1) is 0 Å². The van der Waals surface area contributed by atoms with Crippen molar-refractivity contribution in [2.24, 2.45) is 5.73 Å². The Bertz CT molecular complexity index is 560. The number of hydrogen-bond donors (Lipinski definition) is 1. The Hall–Kier alpha value is -1.76.